The van der Waals surface area contributed by atoms with Crippen LogP contribution in [-0.4, -0.2) is 37.8 Å². The van der Waals surface area contributed by atoms with Gasteiger partial charge in [-0.3, -0.25) is 9.59 Å². The SMILES string of the molecule is COc1cccc(C2=N[C@H](NC(=O)[C@@H](C)Cc3ccc(F)c(F)c3)C(=O)N(C)c3ccccc32)c1. The molecular weight excluding hydrogens is 452 g/mol. The van der Waals surface area contributed by atoms with Crippen molar-refractivity contribution < 1.29 is 23.1 Å². The summed E-state index contributed by atoms with van der Waals surface area (Å²) in [6.45, 7) is 1.66. The Morgan fingerprint density at radius 3 is 2.60 bits per heavy atom. The Hall–Kier alpha value is -4.07. The number of anilines is 1. The standard InChI is InChI=1S/C27H25F2N3O3/c1-16(13-17-11-12-21(28)22(29)14-17)26(33)31-25-27(34)32(2)23-10-5-4-9-20(23)24(30-25)18-7-6-8-19(15-18)35-3/h4-12,14-16,25H,13H2,1-3H3,(H,31,33)/t16-,25+/m0/s1. The highest BCUT2D eigenvalue weighted by Gasteiger charge is 2.32. The topological polar surface area (TPSA) is 71.0 Å². The molecule has 0 spiro atoms. The van der Waals surface area contributed by atoms with Gasteiger partial charge in [-0.2, -0.15) is 0 Å². The van der Waals surface area contributed by atoms with Gasteiger partial charge in [-0.1, -0.05) is 43.3 Å². The molecule has 180 valence electrons. The van der Waals surface area contributed by atoms with Crippen molar-refractivity contribution in [3.8, 4) is 5.75 Å². The Labute approximate surface area is 202 Å². The molecule has 1 N–H and O–H groups in total. The lowest BCUT2D eigenvalue weighted by Crippen LogP contribution is -2.47. The summed E-state index contributed by atoms with van der Waals surface area (Å²) >= 11 is 0. The molecule has 0 unspecified atom stereocenters. The number of nitrogens with one attached hydrogen (secondary N) is 1. The number of likely N-dealkylation sites (N-methyl/N-ethyl adjacent to an activating group) is 1. The Morgan fingerprint density at radius 1 is 1.09 bits per heavy atom. The molecule has 0 bridgehead atoms. The Bertz CT molecular complexity index is 1310. The highest BCUT2D eigenvalue weighted by molar-refractivity contribution is 6.20. The summed E-state index contributed by atoms with van der Waals surface area (Å²) in [6, 6.07) is 18.2. The van der Waals surface area contributed by atoms with Crippen molar-refractivity contribution in [2.24, 2.45) is 10.9 Å². The number of aliphatic imine (C=N–C) groups is 1. The van der Waals surface area contributed by atoms with Gasteiger partial charge < -0.3 is 15.0 Å². The third kappa shape index (κ3) is 5.06. The van der Waals surface area contributed by atoms with Crippen LogP contribution in [-0.2, 0) is 16.0 Å². The average molecular weight is 478 g/mol. The van der Waals surface area contributed by atoms with Gasteiger partial charge in [-0.05, 0) is 42.3 Å². The molecule has 1 aliphatic rings. The normalized spacial score (nSPS) is 16.1. The molecular formula is C27H25F2N3O3. The van der Waals surface area contributed by atoms with Gasteiger partial charge in [-0.15, -0.1) is 0 Å². The van der Waals surface area contributed by atoms with Crippen LogP contribution in [0.15, 0.2) is 71.7 Å². The summed E-state index contributed by atoms with van der Waals surface area (Å²) < 4.78 is 32.2. The van der Waals surface area contributed by atoms with E-state index in [2.05, 4.69) is 10.3 Å². The molecule has 0 saturated heterocycles. The van der Waals surface area contributed by atoms with E-state index in [1.807, 2.05) is 48.5 Å². The first kappa shape index (κ1) is 24.1. The van der Waals surface area contributed by atoms with Crippen LogP contribution < -0.4 is 15.0 Å². The minimum atomic E-state index is -1.17. The summed E-state index contributed by atoms with van der Waals surface area (Å²) in [5, 5.41) is 2.73. The molecule has 2 amide bonds. The number of halogens is 2. The van der Waals surface area contributed by atoms with Crippen molar-refractivity contribution in [2.75, 3.05) is 19.1 Å². The quantitative estimate of drug-likeness (QED) is 0.581. The zero-order chi connectivity index (χ0) is 25.1. The summed E-state index contributed by atoms with van der Waals surface area (Å²) in [6.07, 6.45) is -1.000. The molecule has 0 saturated carbocycles. The molecule has 0 aromatic heterocycles. The number of methoxy groups -OCH3 is 1. The summed E-state index contributed by atoms with van der Waals surface area (Å²) in [5.41, 5.74) is 3.14. The zero-order valence-corrected chi connectivity index (χ0v) is 19.6. The molecule has 8 heteroatoms. The maximum atomic E-state index is 13.6. The van der Waals surface area contributed by atoms with Crippen LogP contribution in [0.2, 0.25) is 0 Å². The number of ether oxygens (including phenoxy) is 1. The van der Waals surface area contributed by atoms with E-state index < -0.39 is 35.5 Å². The number of rotatable bonds is 6. The van der Waals surface area contributed by atoms with Gasteiger partial charge in [0.2, 0.25) is 12.1 Å². The van der Waals surface area contributed by atoms with E-state index in [4.69, 9.17) is 4.74 Å². The third-order valence-corrected chi connectivity index (χ3v) is 5.94. The van der Waals surface area contributed by atoms with E-state index in [-0.39, 0.29) is 6.42 Å². The molecule has 3 aromatic rings. The fourth-order valence-corrected chi connectivity index (χ4v) is 4.01. The number of amides is 2. The Balaban J connectivity index is 1.66. The molecule has 1 heterocycles. The smallest absolute Gasteiger partial charge is 0.272 e. The zero-order valence-electron chi connectivity index (χ0n) is 19.6. The average Bonchev–Trinajstić information content (AvgIpc) is 2.97. The van der Waals surface area contributed by atoms with E-state index in [0.29, 0.717) is 22.7 Å². The lowest BCUT2D eigenvalue weighted by molar-refractivity contribution is -0.129. The molecule has 0 aliphatic carbocycles. The summed E-state index contributed by atoms with van der Waals surface area (Å²) in [5.74, 6) is -2.73. The van der Waals surface area contributed by atoms with Crippen molar-refractivity contribution in [3.63, 3.8) is 0 Å². The van der Waals surface area contributed by atoms with Crippen molar-refractivity contribution >= 4 is 23.2 Å². The van der Waals surface area contributed by atoms with Crippen molar-refractivity contribution in [1.82, 2.24) is 5.32 Å². The number of nitrogens with zero attached hydrogens (tertiary/aromatic N) is 2. The van der Waals surface area contributed by atoms with Gasteiger partial charge in [0.05, 0.1) is 18.5 Å². The highest BCUT2D eigenvalue weighted by atomic mass is 19.2. The molecule has 35 heavy (non-hydrogen) atoms. The number of hydrogen-bond donors (Lipinski definition) is 1. The molecule has 0 radical (unpaired) electrons. The molecule has 2 atom stereocenters. The Kier molecular flexibility index (Phi) is 6.91. The largest absolute Gasteiger partial charge is 0.497 e. The molecule has 4 rings (SSSR count). The lowest BCUT2D eigenvalue weighted by Gasteiger charge is -2.22. The van der Waals surface area contributed by atoms with Crippen LogP contribution in [0.1, 0.15) is 23.6 Å². The van der Waals surface area contributed by atoms with E-state index in [1.54, 1.807) is 21.1 Å². The molecule has 6 nitrogen and oxygen atoms in total. The van der Waals surface area contributed by atoms with Crippen molar-refractivity contribution in [1.29, 1.82) is 0 Å². The van der Waals surface area contributed by atoms with Gasteiger partial charge in [0.15, 0.2) is 11.6 Å². The van der Waals surface area contributed by atoms with Crippen molar-refractivity contribution in [2.45, 2.75) is 19.5 Å². The number of benzodiazepines with no additional fused rings is 1. The third-order valence-electron chi connectivity index (χ3n) is 5.94. The fraction of sp³-hybridized carbons (Fsp3) is 0.222. The first-order chi connectivity index (χ1) is 16.8. The predicted octanol–water partition coefficient (Wildman–Crippen LogP) is 4.11. The number of hydrogen-bond acceptors (Lipinski definition) is 4. The number of fused-ring (bicyclic) bond motifs is 1. The predicted molar refractivity (Wildman–Crippen MR) is 130 cm³/mol. The van der Waals surface area contributed by atoms with Crippen LogP contribution in [0.25, 0.3) is 0 Å². The van der Waals surface area contributed by atoms with E-state index in [0.717, 1.165) is 23.3 Å². The van der Waals surface area contributed by atoms with Crippen LogP contribution in [0.3, 0.4) is 0 Å². The van der Waals surface area contributed by atoms with Gasteiger partial charge in [0, 0.05) is 24.1 Å². The Morgan fingerprint density at radius 2 is 1.86 bits per heavy atom. The molecule has 3 aromatic carbocycles. The second-order valence-electron chi connectivity index (χ2n) is 8.39. The van der Waals surface area contributed by atoms with Crippen molar-refractivity contribution in [3.05, 3.63) is 95.1 Å². The highest BCUT2D eigenvalue weighted by Crippen LogP contribution is 2.28. The van der Waals surface area contributed by atoms with Crippen LogP contribution >= 0.6 is 0 Å². The second kappa shape index (κ2) is 10.0. The van der Waals surface area contributed by atoms with Crippen LogP contribution in [0.4, 0.5) is 14.5 Å². The molecule has 1 aliphatic heterocycles. The summed E-state index contributed by atoms with van der Waals surface area (Å²) in [4.78, 5) is 32.5. The number of benzene rings is 3. The fourth-order valence-electron chi connectivity index (χ4n) is 4.01. The maximum absolute atomic E-state index is 13.6. The first-order valence-electron chi connectivity index (χ1n) is 11.1. The minimum absolute atomic E-state index is 0.173. The maximum Gasteiger partial charge on any atom is 0.272 e. The second-order valence-corrected chi connectivity index (χ2v) is 8.39. The van der Waals surface area contributed by atoms with E-state index in [1.165, 1.54) is 11.0 Å². The van der Waals surface area contributed by atoms with Gasteiger partial charge in [-0.25, -0.2) is 13.8 Å². The number of carbonyl (C=O) groups is 2. The first-order valence-corrected chi connectivity index (χ1v) is 11.1. The number of para-hydroxylation sites is 1. The van der Waals surface area contributed by atoms with E-state index >= 15 is 0 Å². The van der Waals surface area contributed by atoms with Crippen LogP contribution in [0.5, 0.6) is 5.75 Å². The summed E-state index contributed by atoms with van der Waals surface area (Å²) in [7, 11) is 3.20. The van der Waals surface area contributed by atoms with Gasteiger partial charge in [0.1, 0.15) is 5.75 Å². The minimum Gasteiger partial charge on any atom is -0.497 e. The lowest BCUT2D eigenvalue weighted by atomic mass is 10.00. The van der Waals surface area contributed by atoms with Crippen LogP contribution in [0, 0.1) is 17.6 Å². The monoisotopic (exact) mass is 477 g/mol. The van der Waals surface area contributed by atoms with E-state index in [9.17, 15) is 18.4 Å². The van der Waals surface area contributed by atoms with Gasteiger partial charge in [0.25, 0.3) is 5.91 Å². The number of carbonyl (C=O) groups excluding carboxylic acids is 2. The molecule has 0 fully saturated rings. The van der Waals surface area contributed by atoms with Gasteiger partial charge >= 0.3 is 0 Å².